The van der Waals surface area contributed by atoms with Crippen molar-refractivity contribution in [1.82, 2.24) is 0 Å². The Morgan fingerprint density at radius 1 is 1.10 bits per heavy atom. The van der Waals surface area contributed by atoms with E-state index in [9.17, 15) is 4.79 Å². The maximum absolute atomic E-state index is 11.6. The highest BCUT2D eigenvalue weighted by molar-refractivity contribution is 5.92. The van der Waals surface area contributed by atoms with Crippen LogP contribution >= 0.6 is 0 Å². The molecule has 1 fully saturated rings. The third-order valence-corrected chi connectivity index (χ3v) is 4.80. The normalized spacial score (nSPS) is 21.8. The molecule has 2 aliphatic rings. The lowest BCUT2D eigenvalue weighted by Gasteiger charge is -2.28. The van der Waals surface area contributed by atoms with E-state index in [-0.39, 0.29) is 11.9 Å². The van der Waals surface area contributed by atoms with E-state index in [2.05, 4.69) is 17.4 Å². The third kappa shape index (κ3) is 2.88. The van der Waals surface area contributed by atoms with Gasteiger partial charge in [0.1, 0.15) is 0 Å². The molecule has 108 valence electrons. The van der Waals surface area contributed by atoms with E-state index in [4.69, 9.17) is 5.73 Å². The second-order valence-corrected chi connectivity index (χ2v) is 6.24. The number of fused-ring (bicyclic) bond motifs is 1. The van der Waals surface area contributed by atoms with Crippen molar-refractivity contribution in [2.24, 2.45) is 11.7 Å². The molecule has 1 aromatic carbocycles. The molecule has 1 atom stereocenters. The summed E-state index contributed by atoms with van der Waals surface area (Å²) >= 11 is 0. The molecule has 3 nitrogen and oxygen atoms in total. The van der Waals surface area contributed by atoms with Crippen molar-refractivity contribution in [1.29, 1.82) is 0 Å². The molecule has 0 bridgehead atoms. The molecule has 20 heavy (non-hydrogen) atoms. The quantitative estimate of drug-likeness (QED) is 0.865. The number of aryl methyl sites for hydroxylation is 1. The van der Waals surface area contributed by atoms with Gasteiger partial charge in [0.2, 0.25) is 5.91 Å². The monoisotopic (exact) mass is 272 g/mol. The zero-order valence-corrected chi connectivity index (χ0v) is 12.0. The van der Waals surface area contributed by atoms with Crippen LogP contribution in [-0.4, -0.2) is 5.91 Å². The Morgan fingerprint density at radius 2 is 1.90 bits per heavy atom. The fourth-order valence-corrected chi connectivity index (χ4v) is 3.57. The lowest BCUT2D eigenvalue weighted by atomic mass is 9.81. The van der Waals surface area contributed by atoms with E-state index in [0.29, 0.717) is 12.3 Å². The molecule has 3 rings (SSSR count). The number of carbonyl (C=O) groups is 1. The molecule has 0 aromatic heterocycles. The number of hydrogen-bond donors (Lipinski definition) is 2. The largest absolute Gasteiger partial charge is 0.326 e. The van der Waals surface area contributed by atoms with E-state index in [1.54, 1.807) is 0 Å². The van der Waals surface area contributed by atoms with Crippen LogP contribution in [0.5, 0.6) is 0 Å². The van der Waals surface area contributed by atoms with Crippen molar-refractivity contribution in [3.63, 3.8) is 0 Å². The highest BCUT2D eigenvalue weighted by Crippen LogP contribution is 2.34. The molecule has 0 spiro atoms. The molecule has 1 aliphatic heterocycles. The summed E-state index contributed by atoms with van der Waals surface area (Å²) in [5.74, 6) is 0.759. The van der Waals surface area contributed by atoms with Gasteiger partial charge in [-0.05, 0) is 48.8 Å². The number of carbonyl (C=O) groups excluding carboxylic acids is 1. The Bertz CT molecular complexity index is 492. The zero-order chi connectivity index (χ0) is 13.9. The van der Waals surface area contributed by atoms with E-state index in [0.717, 1.165) is 18.5 Å². The standard InChI is InChI=1S/C17H24N2O/c18-17(12-5-2-1-3-6-12)14-9-10-15-13(11-14)7-4-8-16(20)19-15/h9-12,17H,1-8,18H2,(H,19,20). The maximum Gasteiger partial charge on any atom is 0.224 e. The second kappa shape index (κ2) is 5.96. The molecule has 1 saturated carbocycles. The average molecular weight is 272 g/mol. The lowest BCUT2D eigenvalue weighted by Crippen LogP contribution is -2.23. The van der Waals surface area contributed by atoms with Crippen LogP contribution in [-0.2, 0) is 11.2 Å². The highest BCUT2D eigenvalue weighted by Gasteiger charge is 2.23. The summed E-state index contributed by atoms with van der Waals surface area (Å²) in [6.07, 6.45) is 9.04. The van der Waals surface area contributed by atoms with Gasteiger partial charge in [0.05, 0.1) is 0 Å². The summed E-state index contributed by atoms with van der Waals surface area (Å²) < 4.78 is 0. The predicted molar refractivity (Wildman–Crippen MR) is 81.5 cm³/mol. The predicted octanol–water partition coefficient (Wildman–Crippen LogP) is 3.54. The molecule has 1 aromatic rings. The first kappa shape index (κ1) is 13.6. The maximum atomic E-state index is 11.6. The van der Waals surface area contributed by atoms with Gasteiger partial charge in [0, 0.05) is 18.2 Å². The van der Waals surface area contributed by atoms with Crippen molar-refractivity contribution in [2.45, 2.75) is 57.4 Å². The Labute approximate surface area is 120 Å². The minimum Gasteiger partial charge on any atom is -0.326 e. The average Bonchev–Trinajstić information content (AvgIpc) is 2.67. The van der Waals surface area contributed by atoms with Gasteiger partial charge in [-0.15, -0.1) is 0 Å². The smallest absolute Gasteiger partial charge is 0.224 e. The fourth-order valence-electron chi connectivity index (χ4n) is 3.57. The van der Waals surface area contributed by atoms with E-state index in [1.165, 1.54) is 43.2 Å². The Balaban J connectivity index is 1.80. The minimum atomic E-state index is 0.132. The molecule has 1 aliphatic carbocycles. The SMILES string of the molecule is NC(c1ccc2c(c1)CCCC(=O)N2)C1CCCCC1. The van der Waals surface area contributed by atoms with Gasteiger partial charge in [-0.3, -0.25) is 4.79 Å². The summed E-state index contributed by atoms with van der Waals surface area (Å²) in [7, 11) is 0. The first-order chi connectivity index (χ1) is 9.74. The summed E-state index contributed by atoms with van der Waals surface area (Å²) in [5, 5.41) is 2.99. The number of nitrogens with one attached hydrogen (secondary N) is 1. The van der Waals surface area contributed by atoms with Crippen LogP contribution in [0.3, 0.4) is 0 Å². The second-order valence-electron chi connectivity index (χ2n) is 6.24. The van der Waals surface area contributed by atoms with Crippen molar-refractivity contribution < 1.29 is 4.79 Å². The van der Waals surface area contributed by atoms with Crippen LogP contribution in [0.1, 0.15) is 62.1 Å². The minimum absolute atomic E-state index is 0.132. The van der Waals surface area contributed by atoms with Crippen LogP contribution in [0.2, 0.25) is 0 Å². The van der Waals surface area contributed by atoms with E-state index < -0.39 is 0 Å². The number of amides is 1. The van der Waals surface area contributed by atoms with Crippen molar-refractivity contribution in [3.8, 4) is 0 Å². The van der Waals surface area contributed by atoms with Gasteiger partial charge in [-0.1, -0.05) is 31.4 Å². The zero-order valence-electron chi connectivity index (χ0n) is 12.0. The molecule has 3 heteroatoms. The van der Waals surface area contributed by atoms with Gasteiger partial charge in [-0.25, -0.2) is 0 Å². The van der Waals surface area contributed by atoms with Crippen molar-refractivity contribution >= 4 is 11.6 Å². The molecular formula is C17H24N2O. The van der Waals surface area contributed by atoms with Gasteiger partial charge in [0.25, 0.3) is 0 Å². The molecule has 0 radical (unpaired) electrons. The Hall–Kier alpha value is -1.35. The van der Waals surface area contributed by atoms with Crippen LogP contribution in [0.4, 0.5) is 5.69 Å². The van der Waals surface area contributed by atoms with E-state index in [1.807, 2.05) is 6.07 Å². The number of nitrogens with two attached hydrogens (primary N) is 1. The van der Waals surface area contributed by atoms with Crippen LogP contribution in [0.15, 0.2) is 18.2 Å². The number of benzene rings is 1. The van der Waals surface area contributed by atoms with Crippen molar-refractivity contribution in [2.75, 3.05) is 5.32 Å². The van der Waals surface area contributed by atoms with Gasteiger partial charge in [-0.2, -0.15) is 0 Å². The molecule has 1 heterocycles. The summed E-state index contributed by atoms with van der Waals surface area (Å²) in [6, 6.07) is 6.51. The van der Waals surface area contributed by atoms with Crippen LogP contribution in [0, 0.1) is 5.92 Å². The van der Waals surface area contributed by atoms with Gasteiger partial charge >= 0.3 is 0 Å². The number of hydrogen-bond acceptors (Lipinski definition) is 2. The number of anilines is 1. The Morgan fingerprint density at radius 3 is 2.70 bits per heavy atom. The summed E-state index contributed by atoms with van der Waals surface area (Å²) in [4.78, 5) is 11.6. The topological polar surface area (TPSA) is 55.1 Å². The molecule has 1 unspecified atom stereocenters. The van der Waals surface area contributed by atoms with E-state index >= 15 is 0 Å². The summed E-state index contributed by atoms with van der Waals surface area (Å²) in [6.45, 7) is 0. The molecule has 1 amide bonds. The van der Waals surface area contributed by atoms with Gasteiger partial charge < -0.3 is 11.1 Å². The Kier molecular flexibility index (Phi) is 4.06. The van der Waals surface area contributed by atoms with Crippen LogP contribution in [0.25, 0.3) is 0 Å². The molecular weight excluding hydrogens is 248 g/mol. The lowest BCUT2D eigenvalue weighted by molar-refractivity contribution is -0.116. The van der Waals surface area contributed by atoms with Gasteiger partial charge in [0.15, 0.2) is 0 Å². The molecule has 3 N–H and O–H groups in total. The third-order valence-electron chi connectivity index (χ3n) is 4.80. The van der Waals surface area contributed by atoms with Crippen LogP contribution < -0.4 is 11.1 Å². The first-order valence-electron chi connectivity index (χ1n) is 7.92. The fraction of sp³-hybridized carbons (Fsp3) is 0.588. The highest BCUT2D eigenvalue weighted by atomic mass is 16.1. The molecule has 0 saturated heterocycles. The van der Waals surface area contributed by atoms with Crippen molar-refractivity contribution in [3.05, 3.63) is 29.3 Å². The summed E-state index contributed by atoms with van der Waals surface area (Å²) in [5.41, 5.74) is 9.95. The number of rotatable bonds is 2. The first-order valence-corrected chi connectivity index (χ1v) is 7.92.